The lowest BCUT2D eigenvalue weighted by Crippen LogP contribution is -2.77. The molecule has 0 aromatic heterocycles. The number of carbonyl (C=O) groups is 2. The van der Waals surface area contributed by atoms with Crippen molar-refractivity contribution in [1.29, 1.82) is 0 Å². The van der Waals surface area contributed by atoms with Crippen molar-refractivity contribution in [3.63, 3.8) is 0 Å². The van der Waals surface area contributed by atoms with Gasteiger partial charge in [0.05, 0.1) is 26.6 Å². The van der Waals surface area contributed by atoms with Gasteiger partial charge in [-0.25, -0.2) is 4.79 Å². The average Bonchev–Trinajstić information content (AvgIpc) is 2.85. The second-order valence-corrected chi connectivity index (χ2v) is 10.3. The number of aliphatic carboxylic acids is 1. The Balaban J connectivity index is 7.49. The Labute approximate surface area is 251 Å². The lowest BCUT2D eigenvalue weighted by atomic mass is 9.82. The summed E-state index contributed by atoms with van der Waals surface area (Å²) < 4.78 is 290. The zero-order chi connectivity index (χ0) is 39.5. The SMILES string of the molecule is CC(=O)OC(C(CO)C(F)(F)C(F)(F)C(F)(F)C(F)(F)C(F)(F)C(F)(F)C(F)(F)C(F)(F)C(F)(F)C(F)(F)F)C(O)[N+](C)(C)CC(=O)O. The minimum Gasteiger partial charge on any atom is -0.477 e. The van der Waals surface area contributed by atoms with E-state index in [2.05, 4.69) is 4.74 Å². The highest BCUT2D eigenvalue weighted by atomic mass is 19.4. The zero-order valence-corrected chi connectivity index (χ0v) is 23.1. The fourth-order valence-electron chi connectivity index (χ4n) is 3.61. The van der Waals surface area contributed by atoms with Crippen LogP contribution in [-0.2, 0) is 14.3 Å². The summed E-state index contributed by atoms with van der Waals surface area (Å²) in [5.41, 5.74) is 0. The maximum atomic E-state index is 14.9. The van der Waals surface area contributed by atoms with Crippen molar-refractivity contribution in [2.75, 3.05) is 27.2 Å². The van der Waals surface area contributed by atoms with Crippen molar-refractivity contribution in [1.82, 2.24) is 0 Å². The molecule has 0 amide bonds. The molecular formula is C20H19F21NO6+. The van der Waals surface area contributed by atoms with Crippen LogP contribution in [0.5, 0.6) is 0 Å². The third kappa shape index (κ3) is 6.50. The average molecular weight is 768 g/mol. The molecule has 7 nitrogen and oxygen atoms in total. The number of esters is 1. The van der Waals surface area contributed by atoms with E-state index in [1.807, 2.05) is 0 Å². The number of alkyl halides is 21. The van der Waals surface area contributed by atoms with Crippen molar-refractivity contribution in [3.8, 4) is 0 Å². The number of hydrogen-bond donors (Lipinski definition) is 3. The van der Waals surface area contributed by atoms with Gasteiger partial charge in [0.25, 0.3) is 0 Å². The second kappa shape index (κ2) is 12.6. The molecule has 286 valence electrons. The molecule has 0 aromatic rings. The van der Waals surface area contributed by atoms with Gasteiger partial charge in [0.1, 0.15) is 0 Å². The first kappa shape index (κ1) is 45.3. The Morgan fingerprint density at radius 1 is 0.604 bits per heavy atom. The summed E-state index contributed by atoms with van der Waals surface area (Å²) in [7, 11) is 0.924. The molecule has 0 fully saturated rings. The van der Waals surface area contributed by atoms with Gasteiger partial charge in [0.2, 0.25) is 6.23 Å². The number of carboxylic acids is 1. The number of aliphatic hydroxyl groups excluding tert-OH is 2. The maximum Gasteiger partial charge on any atom is 0.460 e. The Morgan fingerprint density at radius 2 is 0.896 bits per heavy atom. The van der Waals surface area contributed by atoms with Gasteiger partial charge in [-0.3, -0.25) is 9.28 Å². The van der Waals surface area contributed by atoms with E-state index in [0.29, 0.717) is 14.1 Å². The van der Waals surface area contributed by atoms with E-state index >= 15 is 0 Å². The van der Waals surface area contributed by atoms with Crippen LogP contribution in [-0.4, -0.2) is 131 Å². The quantitative estimate of drug-likeness (QED) is 0.0855. The predicted molar refractivity (Wildman–Crippen MR) is 107 cm³/mol. The van der Waals surface area contributed by atoms with Gasteiger partial charge in [-0.2, -0.15) is 92.2 Å². The molecule has 0 saturated carbocycles. The van der Waals surface area contributed by atoms with E-state index in [0.717, 1.165) is 0 Å². The molecule has 0 spiro atoms. The van der Waals surface area contributed by atoms with Gasteiger partial charge in [0, 0.05) is 6.92 Å². The summed E-state index contributed by atoms with van der Waals surface area (Å²) in [6, 6.07) is 0. The third-order valence-corrected chi connectivity index (χ3v) is 6.45. The Hall–Kier alpha value is -2.65. The zero-order valence-electron chi connectivity index (χ0n) is 23.1. The standard InChI is InChI=1S/C20H18F21NO6/c1-6(44)48-9(10(47)42(2,3)4-8(45)46)7(5-43)11(21,22)12(23,24)13(25,26)14(27,28)15(29,30)16(31,32)17(33,34)18(35,36)19(37,38)20(39,40)41/h7,9-10,43,47H,4-5H2,1-3H3/p+1. The number of rotatable bonds is 16. The first-order valence-corrected chi connectivity index (χ1v) is 11.6. The number of hydrogen-bond acceptors (Lipinski definition) is 5. The number of nitrogens with zero attached hydrogens (tertiary/aromatic N) is 1. The maximum absolute atomic E-state index is 14.9. The van der Waals surface area contributed by atoms with Gasteiger partial charge in [-0.1, -0.05) is 0 Å². The molecule has 0 heterocycles. The van der Waals surface area contributed by atoms with Crippen LogP contribution in [0.2, 0.25) is 0 Å². The number of ether oxygens (including phenoxy) is 1. The van der Waals surface area contributed by atoms with Gasteiger partial charge >= 0.3 is 71.4 Å². The van der Waals surface area contributed by atoms with Crippen LogP contribution < -0.4 is 0 Å². The van der Waals surface area contributed by atoms with Gasteiger partial charge in [0.15, 0.2) is 12.6 Å². The first-order chi connectivity index (χ1) is 20.6. The molecule has 3 N–H and O–H groups in total. The van der Waals surface area contributed by atoms with E-state index in [1.54, 1.807) is 0 Å². The van der Waals surface area contributed by atoms with Crippen LogP contribution in [0, 0.1) is 5.92 Å². The lowest BCUT2D eigenvalue weighted by molar-refractivity contribution is -0.934. The molecule has 0 aromatic carbocycles. The second-order valence-electron chi connectivity index (χ2n) is 10.3. The van der Waals surface area contributed by atoms with E-state index in [4.69, 9.17) is 5.11 Å². The third-order valence-electron chi connectivity index (χ3n) is 6.45. The van der Waals surface area contributed by atoms with Crippen molar-refractivity contribution in [2.24, 2.45) is 5.92 Å². The number of carboxylic acid groups (broad SMARTS) is 1. The smallest absolute Gasteiger partial charge is 0.460 e. The molecule has 0 aliphatic rings. The van der Waals surface area contributed by atoms with Crippen molar-refractivity contribution >= 4 is 11.9 Å². The van der Waals surface area contributed by atoms with E-state index in [-0.39, 0.29) is 6.92 Å². The van der Waals surface area contributed by atoms with Gasteiger partial charge in [-0.05, 0) is 0 Å². The highest BCUT2D eigenvalue weighted by Gasteiger charge is 2.98. The minimum atomic E-state index is -9.40. The normalized spacial score (nSPS) is 17.5. The van der Waals surface area contributed by atoms with Crippen LogP contribution >= 0.6 is 0 Å². The summed E-state index contributed by atoms with van der Waals surface area (Å²) in [5.74, 6) is -88.5. The monoisotopic (exact) mass is 768 g/mol. The molecule has 0 saturated heterocycles. The first-order valence-electron chi connectivity index (χ1n) is 11.6. The molecule has 0 radical (unpaired) electrons. The molecule has 48 heavy (non-hydrogen) atoms. The van der Waals surface area contributed by atoms with Crippen LogP contribution in [0.15, 0.2) is 0 Å². The summed E-state index contributed by atoms with van der Waals surface area (Å²) >= 11 is 0. The number of likely N-dealkylation sites (N-methyl/N-ethyl adjacent to an activating group) is 1. The summed E-state index contributed by atoms with van der Waals surface area (Å²) in [6.07, 6.45) is -15.0. The fourth-order valence-corrected chi connectivity index (χ4v) is 3.61. The largest absolute Gasteiger partial charge is 0.477 e. The van der Waals surface area contributed by atoms with E-state index in [1.165, 1.54) is 0 Å². The van der Waals surface area contributed by atoms with Gasteiger partial charge < -0.3 is 20.1 Å². The molecule has 0 rings (SSSR count). The van der Waals surface area contributed by atoms with E-state index in [9.17, 15) is 112 Å². The van der Waals surface area contributed by atoms with Gasteiger partial charge in [-0.15, -0.1) is 0 Å². The fraction of sp³-hybridized carbons (Fsp3) is 0.900. The topological polar surface area (TPSA) is 104 Å². The summed E-state index contributed by atoms with van der Waals surface area (Å²) in [6.45, 7) is -4.28. The number of carbonyl (C=O) groups excluding carboxylic acids is 1. The molecule has 0 bridgehead atoms. The Bertz CT molecular complexity index is 1180. The molecule has 0 aliphatic heterocycles. The van der Waals surface area contributed by atoms with Crippen LogP contribution in [0.25, 0.3) is 0 Å². The van der Waals surface area contributed by atoms with Crippen LogP contribution in [0.1, 0.15) is 6.92 Å². The highest BCUT2D eigenvalue weighted by Crippen LogP contribution is 2.66. The molecular weight excluding hydrogens is 749 g/mol. The number of quaternary nitrogens is 1. The van der Waals surface area contributed by atoms with Crippen LogP contribution in [0.3, 0.4) is 0 Å². The number of aliphatic hydroxyl groups is 2. The van der Waals surface area contributed by atoms with E-state index < -0.39 is 107 Å². The van der Waals surface area contributed by atoms with Crippen molar-refractivity contribution in [3.05, 3.63) is 0 Å². The molecule has 28 heteroatoms. The highest BCUT2D eigenvalue weighted by molar-refractivity contribution is 5.68. The minimum absolute atomic E-state index is 0.144. The summed E-state index contributed by atoms with van der Waals surface area (Å²) in [5, 5.41) is 28.3. The van der Waals surface area contributed by atoms with Crippen molar-refractivity contribution in [2.45, 2.75) is 78.7 Å². The van der Waals surface area contributed by atoms with Crippen LogP contribution in [0.4, 0.5) is 92.2 Å². The van der Waals surface area contributed by atoms with Crippen molar-refractivity contribution < 1.29 is 126 Å². The molecule has 3 atom stereocenters. The molecule has 3 unspecified atom stereocenters. The lowest BCUT2D eigenvalue weighted by Gasteiger charge is -2.46. The number of halogens is 21. The predicted octanol–water partition coefficient (Wildman–Crippen LogP) is 5.29. The summed E-state index contributed by atoms with van der Waals surface area (Å²) in [4.78, 5) is 22.3. The Morgan fingerprint density at radius 3 is 1.15 bits per heavy atom. The molecule has 0 aliphatic carbocycles. The Kier molecular flexibility index (Phi) is 11.9.